The fourth-order valence-corrected chi connectivity index (χ4v) is 2.00. The highest BCUT2D eigenvalue weighted by Crippen LogP contribution is 2.32. The molecule has 0 aliphatic heterocycles. The molecule has 2 rings (SSSR count). The summed E-state index contributed by atoms with van der Waals surface area (Å²) in [5.41, 5.74) is 0.696. The molecule has 0 saturated heterocycles. The van der Waals surface area contributed by atoms with Gasteiger partial charge in [-0.2, -0.15) is 0 Å². The summed E-state index contributed by atoms with van der Waals surface area (Å²) >= 11 is 0. The maximum absolute atomic E-state index is 11.8. The normalized spacial score (nSPS) is 15.6. The zero-order chi connectivity index (χ0) is 13.8. The Morgan fingerprint density at radius 2 is 2.11 bits per heavy atom. The van der Waals surface area contributed by atoms with Gasteiger partial charge < -0.3 is 15.2 Å². The molecule has 1 aliphatic rings. The Balaban J connectivity index is 2.19. The summed E-state index contributed by atoms with van der Waals surface area (Å²) in [5.74, 6) is -0.389. The topological polar surface area (TPSA) is 75.6 Å². The summed E-state index contributed by atoms with van der Waals surface area (Å²) in [6.45, 7) is 0. The Kier molecular flexibility index (Phi) is 4.04. The largest absolute Gasteiger partial charge is 0.496 e. The number of ether oxygens (including phenoxy) is 1. The number of hydrogen-bond donors (Lipinski definition) is 2. The Labute approximate surface area is 111 Å². The van der Waals surface area contributed by atoms with Crippen LogP contribution in [0.5, 0.6) is 5.75 Å². The summed E-state index contributed by atoms with van der Waals surface area (Å²) in [6.07, 6.45) is 1.62. The third-order valence-corrected chi connectivity index (χ3v) is 3.16. The molecule has 5 heteroatoms. The first kappa shape index (κ1) is 13.4. The molecule has 19 heavy (non-hydrogen) atoms. The number of nitrogens with one attached hydrogen (secondary N) is 1. The number of rotatable bonds is 6. The molecule has 1 saturated carbocycles. The third kappa shape index (κ3) is 3.47. The molecule has 1 aromatic rings. The van der Waals surface area contributed by atoms with Crippen molar-refractivity contribution in [2.45, 2.75) is 25.3 Å². The second-order valence-electron chi connectivity index (χ2n) is 4.68. The van der Waals surface area contributed by atoms with Crippen molar-refractivity contribution >= 4 is 11.9 Å². The van der Waals surface area contributed by atoms with Gasteiger partial charge in [-0.3, -0.25) is 9.59 Å². The highest BCUT2D eigenvalue weighted by Gasteiger charge is 2.32. The summed E-state index contributed by atoms with van der Waals surface area (Å²) in [5, 5.41) is 11.8. The molecule has 5 nitrogen and oxygen atoms in total. The van der Waals surface area contributed by atoms with Crippen LogP contribution in [0.2, 0.25) is 0 Å². The molecular formula is C14H17NO4. The summed E-state index contributed by atoms with van der Waals surface area (Å²) in [4.78, 5) is 22.8. The molecule has 1 unspecified atom stereocenters. The van der Waals surface area contributed by atoms with Gasteiger partial charge in [-0.15, -0.1) is 0 Å². The van der Waals surface area contributed by atoms with Gasteiger partial charge in [0.05, 0.1) is 19.6 Å². The van der Waals surface area contributed by atoms with Crippen molar-refractivity contribution in [3.05, 3.63) is 29.8 Å². The van der Waals surface area contributed by atoms with E-state index in [4.69, 9.17) is 9.84 Å². The number of hydrogen-bond acceptors (Lipinski definition) is 3. The van der Waals surface area contributed by atoms with Crippen molar-refractivity contribution in [3.63, 3.8) is 0 Å². The second-order valence-corrected chi connectivity index (χ2v) is 4.68. The van der Waals surface area contributed by atoms with Crippen molar-refractivity contribution in [3.8, 4) is 5.75 Å². The minimum Gasteiger partial charge on any atom is -0.496 e. The lowest BCUT2D eigenvalue weighted by molar-refractivity contribution is -0.137. The predicted molar refractivity (Wildman–Crippen MR) is 68.9 cm³/mol. The van der Waals surface area contributed by atoms with Crippen LogP contribution in [0, 0.1) is 5.92 Å². The SMILES string of the molecule is COc1ccccc1C(CC(=O)O)NC(=O)C1CC1. The molecule has 102 valence electrons. The zero-order valence-electron chi connectivity index (χ0n) is 10.8. The van der Waals surface area contributed by atoms with Crippen molar-refractivity contribution in [2.24, 2.45) is 5.92 Å². The fourth-order valence-electron chi connectivity index (χ4n) is 2.00. The molecule has 1 atom stereocenters. The van der Waals surface area contributed by atoms with Crippen LogP contribution in [0.25, 0.3) is 0 Å². The fraction of sp³-hybridized carbons (Fsp3) is 0.429. The van der Waals surface area contributed by atoms with Gasteiger partial charge in [-0.05, 0) is 18.9 Å². The monoisotopic (exact) mass is 263 g/mol. The number of methoxy groups -OCH3 is 1. The lowest BCUT2D eigenvalue weighted by atomic mass is 10.0. The van der Waals surface area contributed by atoms with E-state index < -0.39 is 12.0 Å². The predicted octanol–water partition coefficient (Wildman–Crippen LogP) is 1.74. The smallest absolute Gasteiger partial charge is 0.305 e. The maximum Gasteiger partial charge on any atom is 0.305 e. The summed E-state index contributed by atoms with van der Waals surface area (Å²) in [7, 11) is 1.53. The van der Waals surface area contributed by atoms with E-state index in [1.165, 1.54) is 7.11 Å². The van der Waals surface area contributed by atoms with E-state index in [1.807, 2.05) is 6.07 Å². The number of para-hydroxylation sites is 1. The van der Waals surface area contributed by atoms with Crippen LogP contribution in [0.1, 0.15) is 30.9 Å². The zero-order valence-corrected chi connectivity index (χ0v) is 10.8. The van der Waals surface area contributed by atoms with Gasteiger partial charge in [-0.25, -0.2) is 0 Å². The lowest BCUT2D eigenvalue weighted by Gasteiger charge is -2.19. The number of aliphatic carboxylic acids is 1. The van der Waals surface area contributed by atoms with E-state index in [2.05, 4.69) is 5.32 Å². The van der Waals surface area contributed by atoms with Gasteiger partial charge in [0.15, 0.2) is 0 Å². The van der Waals surface area contributed by atoms with Crippen LogP contribution < -0.4 is 10.1 Å². The Morgan fingerprint density at radius 3 is 2.68 bits per heavy atom. The van der Waals surface area contributed by atoms with Gasteiger partial charge >= 0.3 is 5.97 Å². The molecule has 1 aliphatic carbocycles. The van der Waals surface area contributed by atoms with E-state index in [-0.39, 0.29) is 18.2 Å². The molecule has 1 fully saturated rings. The average molecular weight is 263 g/mol. The number of amides is 1. The molecule has 0 spiro atoms. The van der Waals surface area contributed by atoms with Crippen LogP contribution >= 0.6 is 0 Å². The van der Waals surface area contributed by atoms with E-state index in [9.17, 15) is 9.59 Å². The minimum atomic E-state index is -0.952. The first-order valence-corrected chi connectivity index (χ1v) is 6.27. The standard InChI is InChI=1S/C14H17NO4/c1-19-12-5-3-2-4-10(12)11(8-13(16)17)15-14(18)9-6-7-9/h2-5,9,11H,6-8H2,1H3,(H,15,18)(H,16,17). The van der Waals surface area contributed by atoms with E-state index in [0.29, 0.717) is 11.3 Å². The van der Waals surface area contributed by atoms with E-state index in [0.717, 1.165) is 12.8 Å². The van der Waals surface area contributed by atoms with Crippen molar-refractivity contribution in [1.82, 2.24) is 5.32 Å². The minimum absolute atomic E-state index is 0.0472. The van der Waals surface area contributed by atoms with Crippen LogP contribution in [0.3, 0.4) is 0 Å². The van der Waals surface area contributed by atoms with Gasteiger partial charge in [0.1, 0.15) is 5.75 Å². The first-order valence-electron chi connectivity index (χ1n) is 6.27. The van der Waals surface area contributed by atoms with E-state index >= 15 is 0 Å². The third-order valence-electron chi connectivity index (χ3n) is 3.16. The van der Waals surface area contributed by atoms with Gasteiger partial charge in [0.25, 0.3) is 0 Å². The van der Waals surface area contributed by atoms with Crippen molar-refractivity contribution < 1.29 is 19.4 Å². The Hall–Kier alpha value is -2.04. The van der Waals surface area contributed by atoms with Crippen LogP contribution in [-0.2, 0) is 9.59 Å². The molecule has 1 amide bonds. The molecule has 0 heterocycles. The van der Waals surface area contributed by atoms with Crippen LogP contribution in [-0.4, -0.2) is 24.1 Å². The number of benzene rings is 1. The quantitative estimate of drug-likeness (QED) is 0.819. The molecule has 0 bridgehead atoms. The Bertz CT molecular complexity index is 482. The van der Waals surface area contributed by atoms with Crippen molar-refractivity contribution in [1.29, 1.82) is 0 Å². The van der Waals surface area contributed by atoms with Crippen LogP contribution in [0.15, 0.2) is 24.3 Å². The van der Waals surface area contributed by atoms with Gasteiger partial charge in [0.2, 0.25) is 5.91 Å². The molecule has 1 aromatic carbocycles. The first-order chi connectivity index (χ1) is 9.11. The van der Waals surface area contributed by atoms with Gasteiger partial charge in [-0.1, -0.05) is 18.2 Å². The maximum atomic E-state index is 11.8. The van der Waals surface area contributed by atoms with E-state index in [1.54, 1.807) is 18.2 Å². The summed E-state index contributed by atoms with van der Waals surface area (Å²) in [6, 6.07) is 6.59. The highest BCUT2D eigenvalue weighted by molar-refractivity contribution is 5.82. The number of carbonyl (C=O) groups excluding carboxylic acids is 1. The lowest BCUT2D eigenvalue weighted by Crippen LogP contribution is -2.31. The number of carbonyl (C=O) groups is 2. The average Bonchev–Trinajstić information content (AvgIpc) is 3.21. The number of carboxylic acid groups (broad SMARTS) is 1. The molecular weight excluding hydrogens is 246 g/mol. The van der Waals surface area contributed by atoms with Crippen molar-refractivity contribution in [2.75, 3.05) is 7.11 Å². The van der Waals surface area contributed by atoms with Crippen LogP contribution in [0.4, 0.5) is 0 Å². The molecule has 0 aromatic heterocycles. The number of carboxylic acids is 1. The molecule has 2 N–H and O–H groups in total. The second kappa shape index (κ2) is 5.73. The van der Waals surface area contributed by atoms with Gasteiger partial charge in [0, 0.05) is 11.5 Å². The Morgan fingerprint density at radius 1 is 1.42 bits per heavy atom. The molecule has 0 radical (unpaired) electrons. The highest BCUT2D eigenvalue weighted by atomic mass is 16.5. The summed E-state index contributed by atoms with van der Waals surface area (Å²) < 4.78 is 5.22.